The summed E-state index contributed by atoms with van der Waals surface area (Å²) in [6.07, 6.45) is 3.99. The molecule has 2 aromatic rings. The molecule has 0 bridgehead atoms. The number of nitrogens with one attached hydrogen (secondary N) is 1. The van der Waals surface area contributed by atoms with Crippen LogP contribution < -0.4 is 5.32 Å². The highest BCUT2D eigenvalue weighted by atomic mass is 16.5. The van der Waals surface area contributed by atoms with Gasteiger partial charge in [-0.2, -0.15) is 4.98 Å². The maximum absolute atomic E-state index is 11.7. The number of anilines is 1. The van der Waals surface area contributed by atoms with Crippen molar-refractivity contribution in [1.29, 1.82) is 0 Å². The van der Waals surface area contributed by atoms with Crippen molar-refractivity contribution in [3.05, 3.63) is 36.2 Å². The molecule has 0 spiro atoms. The zero-order chi connectivity index (χ0) is 13.7. The average Bonchev–Trinajstić information content (AvgIpc) is 2.86. The highest BCUT2D eigenvalue weighted by Crippen LogP contribution is 2.11. The van der Waals surface area contributed by atoms with Crippen LogP contribution in [0.15, 0.2) is 29.0 Å². The van der Waals surface area contributed by atoms with Gasteiger partial charge in [-0.05, 0) is 12.1 Å². The Hall–Kier alpha value is -2.24. The summed E-state index contributed by atoms with van der Waals surface area (Å²) in [6.45, 7) is 3.98. The van der Waals surface area contributed by atoms with Gasteiger partial charge < -0.3 is 9.84 Å². The van der Waals surface area contributed by atoms with Crippen molar-refractivity contribution >= 4 is 11.6 Å². The number of hydrogen-bond acceptors (Lipinski definition) is 5. The lowest BCUT2D eigenvalue weighted by molar-refractivity contribution is -0.116. The number of rotatable bonds is 5. The van der Waals surface area contributed by atoms with E-state index in [4.69, 9.17) is 4.52 Å². The molecular weight excluding hydrogens is 244 g/mol. The first-order valence-electron chi connectivity index (χ1n) is 6.17. The second-order valence-electron chi connectivity index (χ2n) is 4.49. The molecule has 0 aliphatic carbocycles. The van der Waals surface area contributed by atoms with E-state index in [1.54, 1.807) is 24.5 Å². The van der Waals surface area contributed by atoms with Crippen LogP contribution in [0.1, 0.15) is 37.9 Å². The molecule has 2 heterocycles. The third-order valence-corrected chi connectivity index (χ3v) is 2.51. The van der Waals surface area contributed by atoms with Crippen LogP contribution in [0.3, 0.4) is 0 Å². The predicted molar refractivity (Wildman–Crippen MR) is 69.6 cm³/mol. The van der Waals surface area contributed by atoms with Crippen molar-refractivity contribution in [3.63, 3.8) is 0 Å². The molecular formula is C13H16N4O2. The van der Waals surface area contributed by atoms with Gasteiger partial charge in [-0.1, -0.05) is 19.0 Å². The molecule has 0 fully saturated rings. The topological polar surface area (TPSA) is 80.9 Å². The van der Waals surface area contributed by atoms with E-state index in [2.05, 4.69) is 20.4 Å². The maximum Gasteiger partial charge on any atom is 0.227 e. The Bertz CT molecular complexity index is 537. The van der Waals surface area contributed by atoms with Crippen molar-refractivity contribution in [2.75, 3.05) is 5.32 Å². The molecule has 0 aliphatic rings. The van der Waals surface area contributed by atoms with Gasteiger partial charge in [-0.25, -0.2) is 0 Å². The third-order valence-electron chi connectivity index (χ3n) is 2.51. The average molecular weight is 260 g/mol. The van der Waals surface area contributed by atoms with Crippen LogP contribution in [0.4, 0.5) is 5.69 Å². The standard InChI is InChI=1S/C13H16N4O2/c1-9(2)13-16-12(19-17-13)6-5-11(18)15-10-4-3-7-14-8-10/h3-4,7-9H,5-6H2,1-2H3,(H,15,18). The normalized spacial score (nSPS) is 10.7. The summed E-state index contributed by atoms with van der Waals surface area (Å²) in [4.78, 5) is 19.8. The lowest BCUT2D eigenvalue weighted by atomic mass is 10.2. The van der Waals surface area contributed by atoms with E-state index in [0.29, 0.717) is 30.2 Å². The first-order chi connectivity index (χ1) is 9.15. The molecule has 1 N–H and O–H groups in total. The Morgan fingerprint density at radius 3 is 2.95 bits per heavy atom. The molecule has 0 atom stereocenters. The minimum absolute atomic E-state index is 0.0997. The molecule has 2 rings (SSSR count). The molecule has 2 aromatic heterocycles. The second kappa shape index (κ2) is 6.08. The van der Waals surface area contributed by atoms with E-state index in [1.807, 2.05) is 13.8 Å². The summed E-state index contributed by atoms with van der Waals surface area (Å²) < 4.78 is 5.07. The van der Waals surface area contributed by atoms with Crippen LogP contribution >= 0.6 is 0 Å². The van der Waals surface area contributed by atoms with Crippen LogP contribution in [0.25, 0.3) is 0 Å². The third kappa shape index (κ3) is 3.87. The fraction of sp³-hybridized carbons (Fsp3) is 0.385. The molecule has 6 nitrogen and oxygen atoms in total. The maximum atomic E-state index is 11.7. The second-order valence-corrected chi connectivity index (χ2v) is 4.49. The van der Waals surface area contributed by atoms with Crippen LogP contribution in [0, 0.1) is 0 Å². The number of aromatic nitrogens is 3. The van der Waals surface area contributed by atoms with Gasteiger partial charge in [0.2, 0.25) is 11.8 Å². The van der Waals surface area contributed by atoms with Gasteiger partial charge >= 0.3 is 0 Å². The van der Waals surface area contributed by atoms with Gasteiger partial charge in [-0.3, -0.25) is 9.78 Å². The molecule has 0 aliphatic heterocycles. The highest BCUT2D eigenvalue weighted by molar-refractivity contribution is 5.90. The molecule has 6 heteroatoms. The monoisotopic (exact) mass is 260 g/mol. The molecule has 100 valence electrons. The Kier molecular flexibility index (Phi) is 4.22. The molecule has 1 amide bonds. The van der Waals surface area contributed by atoms with Gasteiger partial charge in [-0.15, -0.1) is 0 Å². The van der Waals surface area contributed by atoms with Gasteiger partial charge in [0, 0.05) is 25.0 Å². The van der Waals surface area contributed by atoms with Crippen molar-refractivity contribution in [2.45, 2.75) is 32.6 Å². The number of aryl methyl sites for hydroxylation is 1. The number of pyridine rings is 1. The van der Waals surface area contributed by atoms with Crippen molar-refractivity contribution in [3.8, 4) is 0 Å². The highest BCUT2D eigenvalue weighted by Gasteiger charge is 2.11. The van der Waals surface area contributed by atoms with E-state index in [1.165, 1.54) is 0 Å². The Labute approximate surface area is 111 Å². The lowest BCUT2D eigenvalue weighted by Gasteiger charge is -2.02. The molecule has 0 radical (unpaired) electrons. The smallest absolute Gasteiger partial charge is 0.227 e. The Morgan fingerprint density at radius 1 is 1.47 bits per heavy atom. The van der Waals surface area contributed by atoms with Crippen molar-refractivity contribution in [2.24, 2.45) is 0 Å². The number of amides is 1. The predicted octanol–water partition coefficient (Wildman–Crippen LogP) is 2.16. The van der Waals surface area contributed by atoms with Gasteiger partial charge in [0.15, 0.2) is 5.82 Å². The summed E-state index contributed by atoms with van der Waals surface area (Å²) in [7, 11) is 0. The summed E-state index contributed by atoms with van der Waals surface area (Å²) in [6, 6.07) is 3.55. The quantitative estimate of drug-likeness (QED) is 0.890. The van der Waals surface area contributed by atoms with Crippen LogP contribution in [-0.2, 0) is 11.2 Å². The molecule has 0 saturated heterocycles. The molecule has 19 heavy (non-hydrogen) atoms. The minimum atomic E-state index is -0.0997. The lowest BCUT2D eigenvalue weighted by Crippen LogP contribution is -2.12. The van der Waals surface area contributed by atoms with Crippen LogP contribution in [0.5, 0.6) is 0 Å². The van der Waals surface area contributed by atoms with Crippen LogP contribution in [0.2, 0.25) is 0 Å². The van der Waals surface area contributed by atoms with E-state index in [-0.39, 0.29) is 11.8 Å². The van der Waals surface area contributed by atoms with E-state index < -0.39 is 0 Å². The Balaban J connectivity index is 1.83. The van der Waals surface area contributed by atoms with E-state index in [9.17, 15) is 4.79 Å². The summed E-state index contributed by atoms with van der Waals surface area (Å²) in [5.74, 6) is 1.28. The summed E-state index contributed by atoms with van der Waals surface area (Å²) >= 11 is 0. The van der Waals surface area contributed by atoms with Gasteiger partial charge in [0.05, 0.1) is 11.9 Å². The molecule has 0 saturated carbocycles. The molecule has 0 aromatic carbocycles. The number of carbonyl (C=O) groups excluding carboxylic acids is 1. The SMILES string of the molecule is CC(C)c1noc(CCC(=O)Nc2cccnc2)n1. The summed E-state index contributed by atoms with van der Waals surface area (Å²) in [5, 5.41) is 6.60. The number of hydrogen-bond donors (Lipinski definition) is 1. The minimum Gasteiger partial charge on any atom is -0.339 e. The zero-order valence-corrected chi connectivity index (χ0v) is 11.0. The fourth-order valence-electron chi connectivity index (χ4n) is 1.48. The van der Waals surface area contributed by atoms with Crippen molar-refractivity contribution in [1.82, 2.24) is 15.1 Å². The first-order valence-corrected chi connectivity index (χ1v) is 6.17. The van der Waals surface area contributed by atoms with Crippen LogP contribution in [-0.4, -0.2) is 21.0 Å². The Morgan fingerprint density at radius 2 is 2.32 bits per heavy atom. The fourth-order valence-corrected chi connectivity index (χ4v) is 1.48. The van der Waals surface area contributed by atoms with Gasteiger partial charge in [0.25, 0.3) is 0 Å². The van der Waals surface area contributed by atoms with Gasteiger partial charge in [0.1, 0.15) is 0 Å². The first kappa shape index (κ1) is 13.2. The molecule has 0 unspecified atom stereocenters. The number of nitrogens with zero attached hydrogens (tertiary/aromatic N) is 3. The zero-order valence-electron chi connectivity index (χ0n) is 11.0. The van der Waals surface area contributed by atoms with E-state index >= 15 is 0 Å². The largest absolute Gasteiger partial charge is 0.339 e. The van der Waals surface area contributed by atoms with E-state index in [0.717, 1.165) is 0 Å². The summed E-state index contributed by atoms with van der Waals surface area (Å²) in [5.41, 5.74) is 0.681. The van der Waals surface area contributed by atoms with Crippen molar-refractivity contribution < 1.29 is 9.32 Å². The number of carbonyl (C=O) groups is 1.